The molecule has 2 N–H and O–H groups in total. The van der Waals surface area contributed by atoms with Crippen LogP contribution < -0.4 is 10.6 Å². The molecule has 2 amide bonds. The van der Waals surface area contributed by atoms with Crippen LogP contribution in [0.2, 0.25) is 0 Å². The maximum Gasteiger partial charge on any atom is 0.320 e. The second kappa shape index (κ2) is 6.58. The van der Waals surface area contributed by atoms with Gasteiger partial charge in [-0.05, 0) is 46.5 Å². The van der Waals surface area contributed by atoms with Crippen LogP contribution in [0.1, 0.15) is 19.4 Å². The van der Waals surface area contributed by atoms with Crippen LogP contribution in [-0.2, 0) is 0 Å². The van der Waals surface area contributed by atoms with E-state index in [1.165, 1.54) is 12.1 Å². The largest absolute Gasteiger partial charge is 0.324 e. The Morgan fingerprint density at radius 2 is 2.11 bits per heavy atom. The van der Waals surface area contributed by atoms with Crippen molar-refractivity contribution in [3.05, 3.63) is 28.0 Å². The average Bonchev–Trinajstić information content (AvgIpc) is 2.32. The van der Waals surface area contributed by atoms with E-state index in [4.69, 9.17) is 6.42 Å². The van der Waals surface area contributed by atoms with Crippen LogP contribution in [0.15, 0.2) is 16.6 Å². The van der Waals surface area contributed by atoms with E-state index in [1.807, 2.05) is 13.8 Å². The van der Waals surface area contributed by atoms with Gasteiger partial charge < -0.3 is 10.6 Å². The summed E-state index contributed by atoms with van der Waals surface area (Å²) in [7, 11) is 0. The lowest BCUT2D eigenvalue weighted by Crippen LogP contribution is -2.40. The molecule has 0 aliphatic rings. The van der Waals surface area contributed by atoms with Crippen molar-refractivity contribution in [1.29, 1.82) is 0 Å². The minimum Gasteiger partial charge on any atom is -0.324 e. The lowest BCUT2D eigenvalue weighted by atomic mass is 10.1. The first kappa shape index (κ1) is 15.5. The molecular weight excluding hydrogens is 311 g/mol. The first-order chi connectivity index (χ1) is 8.85. The Kier molecular flexibility index (Phi) is 5.37. The Balaban J connectivity index is 2.78. The van der Waals surface area contributed by atoms with Gasteiger partial charge in [0.15, 0.2) is 0 Å². The molecule has 1 aromatic carbocycles. The molecule has 5 heteroatoms. The van der Waals surface area contributed by atoms with E-state index in [0.29, 0.717) is 15.7 Å². The molecule has 0 spiro atoms. The van der Waals surface area contributed by atoms with Gasteiger partial charge in [0.2, 0.25) is 0 Å². The molecule has 0 bridgehead atoms. The number of halogens is 2. The summed E-state index contributed by atoms with van der Waals surface area (Å²) in [5.41, 5.74) is 1.17. The standard InChI is InChI=1S/C14H16BrFN2O/c1-5-12(8(2)3)17-14(19)18-13-7-10(15)11(16)6-9(13)4/h1,6-8,12H,2-4H3,(H2,17,18,19)/t12-/m0/s1. The summed E-state index contributed by atoms with van der Waals surface area (Å²) >= 11 is 3.08. The highest BCUT2D eigenvalue weighted by molar-refractivity contribution is 9.10. The summed E-state index contributed by atoms with van der Waals surface area (Å²) in [6.07, 6.45) is 5.34. The van der Waals surface area contributed by atoms with Crippen molar-refractivity contribution in [2.24, 2.45) is 5.92 Å². The molecule has 19 heavy (non-hydrogen) atoms. The molecule has 3 nitrogen and oxygen atoms in total. The Morgan fingerprint density at radius 1 is 1.47 bits per heavy atom. The zero-order valence-corrected chi connectivity index (χ0v) is 12.6. The molecular formula is C14H16BrFN2O. The van der Waals surface area contributed by atoms with Gasteiger partial charge in [-0.3, -0.25) is 0 Å². The van der Waals surface area contributed by atoms with Crippen molar-refractivity contribution in [2.75, 3.05) is 5.32 Å². The molecule has 0 unspecified atom stereocenters. The zero-order chi connectivity index (χ0) is 14.6. The fourth-order valence-electron chi connectivity index (χ4n) is 1.48. The van der Waals surface area contributed by atoms with Gasteiger partial charge >= 0.3 is 6.03 Å². The van der Waals surface area contributed by atoms with Gasteiger partial charge in [-0.2, -0.15) is 0 Å². The Labute approximate surface area is 121 Å². The number of anilines is 1. The van der Waals surface area contributed by atoms with Crippen molar-refractivity contribution in [3.63, 3.8) is 0 Å². The molecule has 0 fully saturated rings. The van der Waals surface area contributed by atoms with Crippen molar-refractivity contribution >= 4 is 27.6 Å². The summed E-state index contributed by atoms with van der Waals surface area (Å²) in [4.78, 5) is 11.8. The number of hydrogen-bond donors (Lipinski definition) is 2. The third-order valence-corrected chi connectivity index (χ3v) is 3.26. The number of urea groups is 1. The van der Waals surface area contributed by atoms with Gasteiger partial charge in [0.1, 0.15) is 5.82 Å². The van der Waals surface area contributed by atoms with Crippen LogP contribution in [0.3, 0.4) is 0 Å². The molecule has 0 saturated heterocycles. The Hall–Kier alpha value is -1.54. The van der Waals surface area contributed by atoms with Crippen molar-refractivity contribution < 1.29 is 9.18 Å². The van der Waals surface area contributed by atoms with Crippen LogP contribution in [0.4, 0.5) is 14.9 Å². The number of hydrogen-bond acceptors (Lipinski definition) is 1. The molecule has 0 radical (unpaired) electrons. The maximum atomic E-state index is 13.3. The van der Waals surface area contributed by atoms with Crippen molar-refractivity contribution in [1.82, 2.24) is 5.32 Å². The summed E-state index contributed by atoms with van der Waals surface area (Å²) in [5, 5.41) is 5.34. The first-order valence-corrected chi connectivity index (χ1v) is 6.63. The minimum absolute atomic E-state index is 0.136. The normalized spacial score (nSPS) is 11.8. The first-order valence-electron chi connectivity index (χ1n) is 5.84. The van der Waals surface area contributed by atoms with E-state index in [-0.39, 0.29) is 17.8 Å². The molecule has 0 aromatic heterocycles. The van der Waals surface area contributed by atoms with Crippen LogP contribution in [0.5, 0.6) is 0 Å². The molecule has 102 valence electrons. The minimum atomic E-state index is -0.404. The number of terminal acetylenes is 1. The molecule has 1 atom stereocenters. The van der Waals surface area contributed by atoms with Crippen molar-refractivity contribution in [2.45, 2.75) is 26.8 Å². The van der Waals surface area contributed by atoms with Crippen LogP contribution in [0, 0.1) is 31.0 Å². The summed E-state index contributed by atoms with van der Waals surface area (Å²) in [6, 6.07) is 2.12. The van der Waals surface area contributed by atoms with Gasteiger partial charge in [-0.1, -0.05) is 19.8 Å². The van der Waals surface area contributed by atoms with Gasteiger partial charge in [-0.25, -0.2) is 9.18 Å². The summed E-state index contributed by atoms with van der Waals surface area (Å²) in [5.74, 6) is 2.28. The third-order valence-electron chi connectivity index (χ3n) is 2.65. The molecule has 0 saturated carbocycles. The molecule has 0 aliphatic carbocycles. The van der Waals surface area contributed by atoms with E-state index < -0.39 is 6.03 Å². The van der Waals surface area contributed by atoms with E-state index in [0.717, 1.165) is 0 Å². The van der Waals surface area contributed by atoms with E-state index in [2.05, 4.69) is 32.5 Å². The highest BCUT2D eigenvalue weighted by Gasteiger charge is 2.14. The smallest absolute Gasteiger partial charge is 0.320 e. The van der Waals surface area contributed by atoms with E-state index >= 15 is 0 Å². The number of amides is 2. The van der Waals surface area contributed by atoms with Crippen molar-refractivity contribution in [3.8, 4) is 12.3 Å². The lowest BCUT2D eigenvalue weighted by Gasteiger charge is -2.17. The lowest BCUT2D eigenvalue weighted by molar-refractivity contribution is 0.248. The highest BCUT2D eigenvalue weighted by Crippen LogP contribution is 2.24. The Bertz CT molecular complexity index is 523. The predicted molar refractivity (Wildman–Crippen MR) is 78.5 cm³/mol. The quantitative estimate of drug-likeness (QED) is 0.817. The second-order valence-electron chi connectivity index (χ2n) is 4.57. The zero-order valence-electron chi connectivity index (χ0n) is 11.1. The van der Waals surface area contributed by atoms with Gasteiger partial charge in [-0.15, -0.1) is 6.42 Å². The van der Waals surface area contributed by atoms with Gasteiger partial charge in [0.25, 0.3) is 0 Å². The number of carbonyl (C=O) groups is 1. The second-order valence-corrected chi connectivity index (χ2v) is 5.42. The predicted octanol–water partition coefficient (Wildman–Crippen LogP) is 3.68. The summed E-state index contributed by atoms with van der Waals surface area (Å²) < 4.78 is 13.6. The molecule has 0 heterocycles. The molecule has 0 aliphatic heterocycles. The Morgan fingerprint density at radius 3 is 2.63 bits per heavy atom. The number of aryl methyl sites for hydroxylation is 1. The maximum absolute atomic E-state index is 13.3. The van der Waals surface area contributed by atoms with E-state index in [9.17, 15) is 9.18 Å². The average molecular weight is 327 g/mol. The summed E-state index contributed by atoms with van der Waals surface area (Å²) in [6.45, 7) is 5.56. The van der Waals surface area contributed by atoms with Crippen LogP contribution in [-0.4, -0.2) is 12.1 Å². The molecule has 1 aromatic rings. The number of benzene rings is 1. The SMILES string of the molecule is C#C[C@H](NC(=O)Nc1cc(Br)c(F)cc1C)C(C)C. The van der Waals surface area contributed by atoms with Crippen LogP contribution in [0.25, 0.3) is 0 Å². The topological polar surface area (TPSA) is 41.1 Å². The monoisotopic (exact) mass is 326 g/mol. The highest BCUT2D eigenvalue weighted by atomic mass is 79.9. The third kappa shape index (κ3) is 4.25. The number of carbonyl (C=O) groups excluding carboxylic acids is 1. The number of nitrogens with one attached hydrogen (secondary N) is 2. The number of rotatable bonds is 3. The van der Waals surface area contributed by atoms with Gasteiger partial charge in [0, 0.05) is 5.69 Å². The van der Waals surface area contributed by atoms with Gasteiger partial charge in [0.05, 0.1) is 10.5 Å². The van der Waals surface area contributed by atoms with E-state index in [1.54, 1.807) is 6.92 Å². The fourth-order valence-corrected chi connectivity index (χ4v) is 1.82. The fraction of sp³-hybridized carbons (Fsp3) is 0.357. The molecule has 1 rings (SSSR count). The van der Waals surface area contributed by atoms with Crippen LogP contribution >= 0.6 is 15.9 Å².